The second-order valence-electron chi connectivity index (χ2n) is 5.92. The number of hydrogen-bond donors (Lipinski definition) is 1. The zero-order valence-corrected chi connectivity index (χ0v) is 12.4. The van der Waals surface area contributed by atoms with Gasteiger partial charge in [0.05, 0.1) is 5.54 Å². The molecule has 1 saturated heterocycles. The number of nitrogens with zero attached hydrogens (tertiary/aromatic N) is 1. The fourth-order valence-electron chi connectivity index (χ4n) is 3.01. The first-order valence-electron chi connectivity index (χ1n) is 7.16. The van der Waals surface area contributed by atoms with E-state index in [0.717, 1.165) is 32.8 Å². The average Bonchev–Trinajstić information content (AvgIpc) is 2.40. The number of piperazine rings is 1. The van der Waals surface area contributed by atoms with E-state index in [1.807, 2.05) is 0 Å². The van der Waals surface area contributed by atoms with Crippen LogP contribution in [0.5, 0.6) is 0 Å². The highest BCUT2D eigenvalue weighted by atomic mass is 16.5. The van der Waals surface area contributed by atoms with Crippen LogP contribution in [-0.4, -0.2) is 44.8 Å². The van der Waals surface area contributed by atoms with E-state index < -0.39 is 0 Å². The van der Waals surface area contributed by atoms with Gasteiger partial charge in [0.25, 0.3) is 0 Å². The van der Waals surface area contributed by atoms with Gasteiger partial charge in [-0.1, -0.05) is 37.3 Å². The lowest BCUT2D eigenvalue weighted by Gasteiger charge is -2.42. The third-order valence-corrected chi connectivity index (χ3v) is 3.92. The van der Waals surface area contributed by atoms with Crippen LogP contribution in [0.3, 0.4) is 0 Å². The fraction of sp³-hybridized carbons (Fsp3) is 0.625. The van der Waals surface area contributed by atoms with Gasteiger partial charge in [-0.15, -0.1) is 0 Å². The SMILES string of the molecule is COCC(C)CN1CCNC(C)(c2ccccc2)C1. The molecule has 19 heavy (non-hydrogen) atoms. The van der Waals surface area contributed by atoms with E-state index >= 15 is 0 Å². The quantitative estimate of drug-likeness (QED) is 0.879. The number of benzene rings is 1. The van der Waals surface area contributed by atoms with Crippen LogP contribution in [0.25, 0.3) is 0 Å². The minimum atomic E-state index is 0.0618. The molecule has 3 heteroatoms. The molecule has 0 bridgehead atoms. The first-order chi connectivity index (χ1) is 9.14. The average molecular weight is 262 g/mol. The van der Waals surface area contributed by atoms with Crippen molar-refractivity contribution in [3.63, 3.8) is 0 Å². The maximum Gasteiger partial charge on any atom is 0.0535 e. The van der Waals surface area contributed by atoms with E-state index in [0.29, 0.717) is 5.92 Å². The van der Waals surface area contributed by atoms with Crippen molar-refractivity contribution in [1.29, 1.82) is 0 Å². The first kappa shape index (κ1) is 14.5. The highest BCUT2D eigenvalue weighted by Crippen LogP contribution is 2.24. The first-order valence-corrected chi connectivity index (χ1v) is 7.16. The molecule has 1 aliphatic rings. The third kappa shape index (κ3) is 3.78. The Balaban J connectivity index is 2.00. The van der Waals surface area contributed by atoms with Crippen LogP contribution in [0.15, 0.2) is 30.3 Å². The van der Waals surface area contributed by atoms with E-state index in [2.05, 4.69) is 54.4 Å². The highest BCUT2D eigenvalue weighted by Gasteiger charge is 2.32. The Labute approximate surface area is 116 Å². The molecule has 1 aromatic carbocycles. The number of ether oxygens (including phenoxy) is 1. The summed E-state index contributed by atoms with van der Waals surface area (Å²) in [6.07, 6.45) is 0. The third-order valence-electron chi connectivity index (χ3n) is 3.92. The topological polar surface area (TPSA) is 24.5 Å². The monoisotopic (exact) mass is 262 g/mol. The predicted molar refractivity (Wildman–Crippen MR) is 79.3 cm³/mol. The van der Waals surface area contributed by atoms with Gasteiger partial charge in [-0.3, -0.25) is 4.90 Å². The van der Waals surface area contributed by atoms with E-state index in [9.17, 15) is 0 Å². The van der Waals surface area contributed by atoms with Gasteiger partial charge in [0.2, 0.25) is 0 Å². The second-order valence-corrected chi connectivity index (χ2v) is 5.92. The number of nitrogens with one attached hydrogen (secondary N) is 1. The van der Waals surface area contributed by atoms with Crippen molar-refractivity contribution in [2.24, 2.45) is 5.92 Å². The van der Waals surface area contributed by atoms with Gasteiger partial charge < -0.3 is 10.1 Å². The minimum absolute atomic E-state index is 0.0618. The van der Waals surface area contributed by atoms with Gasteiger partial charge in [0.1, 0.15) is 0 Å². The second kappa shape index (κ2) is 6.51. The van der Waals surface area contributed by atoms with Gasteiger partial charge in [-0.05, 0) is 18.4 Å². The van der Waals surface area contributed by atoms with Crippen LogP contribution in [-0.2, 0) is 10.3 Å². The number of rotatable bonds is 5. The number of methoxy groups -OCH3 is 1. The van der Waals surface area contributed by atoms with Gasteiger partial charge in [0.15, 0.2) is 0 Å². The molecule has 2 unspecified atom stereocenters. The van der Waals surface area contributed by atoms with Crippen LogP contribution >= 0.6 is 0 Å². The van der Waals surface area contributed by atoms with Crippen LogP contribution in [0.1, 0.15) is 19.4 Å². The molecule has 1 N–H and O–H groups in total. The molecule has 1 fully saturated rings. The molecule has 0 radical (unpaired) electrons. The van der Waals surface area contributed by atoms with Crippen LogP contribution < -0.4 is 5.32 Å². The van der Waals surface area contributed by atoms with Gasteiger partial charge in [-0.25, -0.2) is 0 Å². The van der Waals surface area contributed by atoms with E-state index in [1.54, 1.807) is 7.11 Å². The smallest absolute Gasteiger partial charge is 0.0535 e. The minimum Gasteiger partial charge on any atom is -0.384 e. The van der Waals surface area contributed by atoms with Crippen LogP contribution in [0.2, 0.25) is 0 Å². The molecule has 2 atom stereocenters. The molecule has 0 spiro atoms. The number of hydrogen-bond acceptors (Lipinski definition) is 3. The summed E-state index contributed by atoms with van der Waals surface area (Å²) in [6.45, 7) is 9.73. The largest absolute Gasteiger partial charge is 0.384 e. The molecule has 1 aromatic rings. The van der Waals surface area contributed by atoms with E-state index in [1.165, 1.54) is 5.56 Å². The summed E-state index contributed by atoms with van der Waals surface area (Å²) in [4.78, 5) is 2.55. The van der Waals surface area contributed by atoms with Crippen molar-refractivity contribution in [2.75, 3.05) is 39.9 Å². The maximum absolute atomic E-state index is 5.24. The zero-order valence-electron chi connectivity index (χ0n) is 12.4. The Kier molecular flexibility index (Phi) is 4.97. The lowest BCUT2D eigenvalue weighted by molar-refractivity contribution is 0.0930. The Morgan fingerprint density at radius 1 is 1.37 bits per heavy atom. The maximum atomic E-state index is 5.24. The zero-order chi connectivity index (χ0) is 13.7. The Hall–Kier alpha value is -0.900. The van der Waals surface area contributed by atoms with Gasteiger partial charge in [-0.2, -0.15) is 0 Å². The lowest BCUT2D eigenvalue weighted by Crippen LogP contribution is -2.57. The molecule has 0 aliphatic carbocycles. The Morgan fingerprint density at radius 3 is 2.79 bits per heavy atom. The predicted octanol–water partition coefficient (Wildman–Crippen LogP) is 2.09. The summed E-state index contributed by atoms with van der Waals surface area (Å²) >= 11 is 0. The molecule has 0 saturated carbocycles. The summed E-state index contributed by atoms with van der Waals surface area (Å²) in [5.41, 5.74) is 1.44. The lowest BCUT2D eigenvalue weighted by atomic mass is 9.89. The van der Waals surface area contributed by atoms with E-state index in [-0.39, 0.29) is 5.54 Å². The van der Waals surface area contributed by atoms with Crippen molar-refractivity contribution in [3.05, 3.63) is 35.9 Å². The van der Waals surface area contributed by atoms with E-state index in [4.69, 9.17) is 4.74 Å². The summed E-state index contributed by atoms with van der Waals surface area (Å²) in [7, 11) is 1.78. The van der Waals surface area contributed by atoms with Crippen molar-refractivity contribution in [3.8, 4) is 0 Å². The van der Waals surface area contributed by atoms with Crippen molar-refractivity contribution >= 4 is 0 Å². The standard InChI is InChI=1S/C16H26N2O/c1-14(12-19-3)11-18-10-9-17-16(2,13-18)15-7-5-4-6-8-15/h4-8,14,17H,9-13H2,1-3H3. The molecule has 1 heterocycles. The fourth-order valence-corrected chi connectivity index (χ4v) is 3.01. The molecule has 3 nitrogen and oxygen atoms in total. The van der Waals surface area contributed by atoms with Crippen molar-refractivity contribution in [1.82, 2.24) is 10.2 Å². The molecule has 106 valence electrons. The molecule has 0 amide bonds. The summed E-state index contributed by atoms with van der Waals surface area (Å²) in [5.74, 6) is 0.586. The Bertz CT molecular complexity index is 382. The van der Waals surface area contributed by atoms with Gasteiger partial charge >= 0.3 is 0 Å². The molecular weight excluding hydrogens is 236 g/mol. The summed E-state index contributed by atoms with van der Waals surface area (Å²) in [6, 6.07) is 10.8. The van der Waals surface area contributed by atoms with Crippen molar-refractivity contribution < 1.29 is 4.74 Å². The molecule has 1 aliphatic heterocycles. The molecule has 0 aromatic heterocycles. The molecular formula is C16H26N2O. The van der Waals surface area contributed by atoms with Crippen molar-refractivity contribution in [2.45, 2.75) is 19.4 Å². The summed E-state index contributed by atoms with van der Waals surface area (Å²) in [5, 5.41) is 3.67. The van der Waals surface area contributed by atoms with Crippen LogP contribution in [0, 0.1) is 5.92 Å². The normalized spacial score (nSPS) is 26.3. The highest BCUT2D eigenvalue weighted by molar-refractivity contribution is 5.24. The molecule has 2 rings (SSSR count). The van der Waals surface area contributed by atoms with Gasteiger partial charge in [0, 0.05) is 39.9 Å². The Morgan fingerprint density at radius 2 is 2.11 bits per heavy atom. The summed E-state index contributed by atoms with van der Waals surface area (Å²) < 4.78 is 5.24. The van der Waals surface area contributed by atoms with Crippen LogP contribution in [0.4, 0.5) is 0 Å².